The van der Waals surface area contributed by atoms with Crippen molar-refractivity contribution in [2.24, 2.45) is 4.99 Å². The molecule has 0 spiro atoms. The molecule has 0 atom stereocenters. The van der Waals surface area contributed by atoms with Gasteiger partial charge >= 0.3 is 0 Å². The number of amidine groups is 1. The van der Waals surface area contributed by atoms with Crippen LogP contribution in [0, 0.1) is 13.8 Å². The zero-order valence-electron chi connectivity index (χ0n) is 15.9. The number of rotatable bonds is 5. The van der Waals surface area contributed by atoms with E-state index < -0.39 is 0 Å². The minimum atomic E-state index is -0.0990. The Balaban J connectivity index is 1.77. The molecule has 5 nitrogen and oxygen atoms in total. The van der Waals surface area contributed by atoms with Crippen LogP contribution in [-0.2, 0) is 4.79 Å². The Labute approximate surface area is 164 Å². The van der Waals surface area contributed by atoms with Gasteiger partial charge in [-0.3, -0.25) is 9.69 Å². The zero-order valence-corrected chi connectivity index (χ0v) is 16.7. The highest BCUT2D eigenvalue weighted by Gasteiger charge is 2.24. The molecule has 0 aromatic heterocycles. The largest absolute Gasteiger partial charge is 0.493 e. The van der Waals surface area contributed by atoms with Crippen LogP contribution in [0.2, 0.25) is 0 Å². The maximum absolute atomic E-state index is 12.8. The van der Waals surface area contributed by atoms with Gasteiger partial charge in [0.15, 0.2) is 23.3 Å². The van der Waals surface area contributed by atoms with Crippen LogP contribution in [0.15, 0.2) is 47.5 Å². The van der Waals surface area contributed by atoms with Crippen LogP contribution in [0.25, 0.3) is 0 Å². The first-order chi connectivity index (χ1) is 13.1. The second-order valence-corrected chi connectivity index (χ2v) is 7.38. The molecule has 2 aromatic rings. The number of thioether (sulfide) groups is 1. The number of carbonyl (C=O) groups is 1. The Hall–Kier alpha value is -2.47. The van der Waals surface area contributed by atoms with Crippen molar-refractivity contribution in [3.63, 3.8) is 0 Å². The van der Waals surface area contributed by atoms with Crippen molar-refractivity contribution in [2.75, 3.05) is 26.0 Å². The molecule has 0 N–H and O–H groups in total. The lowest BCUT2D eigenvalue weighted by Gasteiger charge is -2.28. The van der Waals surface area contributed by atoms with Crippen molar-refractivity contribution >= 4 is 28.5 Å². The number of benzene rings is 2. The van der Waals surface area contributed by atoms with Crippen LogP contribution < -0.4 is 9.47 Å². The number of aryl methyl sites for hydroxylation is 2. The number of carbonyl (C=O) groups excluding carboxylic acids is 1. The topological polar surface area (TPSA) is 51.1 Å². The Morgan fingerprint density at radius 2 is 1.81 bits per heavy atom. The molecular weight excluding hydrogens is 360 g/mol. The highest BCUT2D eigenvalue weighted by Crippen LogP contribution is 2.29. The Bertz CT molecular complexity index is 831. The molecule has 0 aliphatic carbocycles. The van der Waals surface area contributed by atoms with Gasteiger partial charge in [-0.15, -0.1) is 0 Å². The fourth-order valence-corrected chi connectivity index (χ4v) is 3.88. The Kier molecular flexibility index (Phi) is 6.40. The summed E-state index contributed by atoms with van der Waals surface area (Å²) in [6.45, 7) is 4.69. The predicted molar refractivity (Wildman–Crippen MR) is 110 cm³/mol. The number of amides is 1. The number of methoxy groups -OCH3 is 1. The third-order valence-electron chi connectivity index (χ3n) is 4.36. The van der Waals surface area contributed by atoms with E-state index in [4.69, 9.17) is 14.5 Å². The molecule has 2 aromatic carbocycles. The zero-order chi connectivity index (χ0) is 19.2. The fourth-order valence-electron chi connectivity index (χ4n) is 2.92. The van der Waals surface area contributed by atoms with E-state index in [-0.39, 0.29) is 12.5 Å². The van der Waals surface area contributed by atoms with E-state index in [1.165, 1.54) is 0 Å². The van der Waals surface area contributed by atoms with Gasteiger partial charge < -0.3 is 9.47 Å². The predicted octanol–water partition coefficient (Wildman–Crippen LogP) is 4.34. The van der Waals surface area contributed by atoms with Gasteiger partial charge in [-0.05, 0) is 43.5 Å². The van der Waals surface area contributed by atoms with Crippen LogP contribution >= 0.6 is 11.8 Å². The average molecular weight is 385 g/mol. The third-order valence-corrected chi connectivity index (χ3v) is 5.42. The van der Waals surface area contributed by atoms with Gasteiger partial charge in [0.1, 0.15) is 0 Å². The highest BCUT2D eigenvalue weighted by atomic mass is 32.2. The highest BCUT2D eigenvalue weighted by molar-refractivity contribution is 8.13. The molecule has 1 aliphatic heterocycles. The molecule has 1 saturated heterocycles. The summed E-state index contributed by atoms with van der Waals surface area (Å²) in [5.41, 5.74) is 3.14. The van der Waals surface area contributed by atoms with Gasteiger partial charge in [0.2, 0.25) is 0 Å². The van der Waals surface area contributed by atoms with E-state index in [1.54, 1.807) is 29.8 Å². The molecule has 1 aliphatic rings. The quantitative estimate of drug-likeness (QED) is 0.769. The molecule has 142 valence electrons. The SMILES string of the molecule is COc1ccccc1OCC(=O)N1CCCSC1=Nc1c(C)cccc1C. The normalized spacial score (nSPS) is 15.7. The minimum Gasteiger partial charge on any atom is -0.493 e. The summed E-state index contributed by atoms with van der Waals surface area (Å²) in [4.78, 5) is 19.4. The first kappa shape index (κ1) is 19.3. The molecule has 0 bridgehead atoms. The van der Waals surface area contributed by atoms with Gasteiger partial charge in [-0.2, -0.15) is 0 Å². The molecule has 0 saturated carbocycles. The Morgan fingerprint density at radius 1 is 1.11 bits per heavy atom. The molecule has 1 heterocycles. The fraction of sp³-hybridized carbons (Fsp3) is 0.333. The Morgan fingerprint density at radius 3 is 2.52 bits per heavy atom. The van der Waals surface area contributed by atoms with E-state index in [0.29, 0.717) is 18.0 Å². The van der Waals surface area contributed by atoms with Crippen molar-refractivity contribution in [3.8, 4) is 11.5 Å². The average Bonchev–Trinajstić information content (AvgIpc) is 2.69. The monoisotopic (exact) mass is 384 g/mol. The summed E-state index contributed by atoms with van der Waals surface area (Å²) < 4.78 is 11.0. The van der Waals surface area contributed by atoms with Gasteiger partial charge in [0, 0.05) is 12.3 Å². The van der Waals surface area contributed by atoms with Crippen molar-refractivity contribution in [2.45, 2.75) is 20.3 Å². The van der Waals surface area contributed by atoms with Gasteiger partial charge in [-0.1, -0.05) is 42.1 Å². The summed E-state index contributed by atoms with van der Waals surface area (Å²) in [5.74, 6) is 2.04. The van der Waals surface area contributed by atoms with Crippen molar-refractivity contribution in [1.29, 1.82) is 0 Å². The lowest BCUT2D eigenvalue weighted by Crippen LogP contribution is -2.41. The van der Waals surface area contributed by atoms with E-state index in [0.717, 1.165) is 34.2 Å². The molecule has 3 rings (SSSR count). The first-order valence-electron chi connectivity index (χ1n) is 8.94. The summed E-state index contributed by atoms with van der Waals surface area (Å²) in [7, 11) is 1.58. The first-order valence-corrected chi connectivity index (χ1v) is 9.92. The molecule has 1 fully saturated rings. The number of hydrogen-bond donors (Lipinski definition) is 0. The van der Waals surface area contributed by atoms with Crippen LogP contribution in [-0.4, -0.2) is 42.0 Å². The van der Waals surface area contributed by atoms with Crippen LogP contribution in [0.3, 0.4) is 0 Å². The third kappa shape index (κ3) is 4.63. The lowest BCUT2D eigenvalue weighted by molar-refractivity contribution is -0.129. The molecule has 0 radical (unpaired) electrons. The molecule has 6 heteroatoms. The molecule has 27 heavy (non-hydrogen) atoms. The van der Waals surface area contributed by atoms with Gasteiger partial charge in [-0.25, -0.2) is 4.99 Å². The smallest absolute Gasteiger partial charge is 0.266 e. The lowest BCUT2D eigenvalue weighted by atomic mass is 10.1. The second kappa shape index (κ2) is 8.95. The number of nitrogens with zero attached hydrogens (tertiary/aromatic N) is 2. The van der Waals surface area contributed by atoms with Crippen molar-refractivity contribution in [3.05, 3.63) is 53.6 Å². The summed E-state index contributed by atoms with van der Waals surface area (Å²) in [6.07, 6.45) is 0.941. The van der Waals surface area contributed by atoms with Crippen molar-refractivity contribution in [1.82, 2.24) is 4.90 Å². The van der Waals surface area contributed by atoms with Crippen LogP contribution in [0.4, 0.5) is 5.69 Å². The van der Waals surface area contributed by atoms with Gasteiger partial charge in [0.25, 0.3) is 5.91 Å². The van der Waals surface area contributed by atoms with E-state index in [1.807, 2.05) is 50.2 Å². The molecule has 0 unspecified atom stereocenters. The van der Waals surface area contributed by atoms with E-state index in [2.05, 4.69) is 0 Å². The maximum Gasteiger partial charge on any atom is 0.266 e. The van der Waals surface area contributed by atoms with Crippen molar-refractivity contribution < 1.29 is 14.3 Å². The number of hydrogen-bond acceptors (Lipinski definition) is 5. The summed E-state index contributed by atoms with van der Waals surface area (Å²) in [6, 6.07) is 13.4. The van der Waals surface area contributed by atoms with Crippen LogP contribution in [0.1, 0.15) is 17.5 Å². The minimum absolute atomic E-state index is 0.0489. The number of ether oxygens (including phenoxy) is 2. The number of aliphatic imine (C=N–C) groups is 1. The van der Waals surface area contributed by atoms with Crippen LogP contribution in [0.5, 0.6) is 11.5 Å². The second-order valence-electron chi connectivity index (χ2n) is 6.32. The number of para-hydroxylation sites is 3. The van der Waals surface area contributed by atoms with Gasteiger partial charge in [0.05, 0.1) is 12.8 Å². The molecule has 1 amide bonds. The maximum atomic E-state index is 12.8. The summed E-state index contributed by atoms with van der Waals surface area (Å²) in [5, 5.41) is 0.743. The van der Waals surface area contributed by atoms with E-state index >= 15 is 0 Å². The van der Waals surface area contributed by atoms with E-state index in [9.17, 15) is 4.79 Å². The molecular formula is C21H24N2O3S. The standard InChI is InChI=1S/C21H24N2O3S/c1-15-8-6-9-16(2)20(15)22-21-23(12-7-13-27-21)19(24)14-26-18-11-5-4-10-17(18)25-3/h4-6,8-11H,7,12-14H2,1-3H3. The summed E-state index contributed by atoms with van der Waals surface area (Å²) >= 11 is 1.62.